The lowest BCUT2D eigenvalue weighted by Crippen LogP contribution is -1.77. The molecule has 0 amide bonds. The van der Waals surface area contributed by atoms with Gasteiger partial charge in [0.05, 0.1) is 0 Å². The average Bonchev–Trinajstić information content (AvgIpc) is 2.95. The summed E-state index contributed by atoms with van der Waals surface area (Å²) >= 11 is 0. The van der Waals surface area contributed by atoms with Crippen LogP contribution < -0.4 is 0 Å². The zero-order chi connectivity index (χ0) is 26.2. The maximum absolute atomic E-state index is 2.20. The zero-order valence-corrected chi connectivity index (χ0v) is 23.4. The topological polar surface area (TPSA) is 0 Å². The van der Waals surface area contributed by atoms with E-state index in [1.54, 1.807) is 0 Å². The van der Waals surface area contributed by atoms with Crippen LogP contribution in [0.1, 0.15) is 66.5 Å². The molecule has 0 radical (unpaired) electrons. The average molecular weight is 457 g/mol. The Balaban J connectivity index is 0. The van der Waals surface area contributed by atoms with Crippen LogP contribution >= 0.6 is 0 Å². The molecule has 0 saturated heterocycles. The summed E-state index contributed by atoms with van der Waals surface area (Å²) in [7, 11) is 0. The molecular formula is C34H48. The third-order valence-corrected chi connectivity index (χ3v) is 4.28. The van der Waals surface area contributed by atoms with Crippen LogP contribution in [0.5, 0.6) is 0 Å². The molecule has 0 nitrogen and oxygen atoms in total. The highest BCUT2D eigenvalue weighted by Crippen LogP contribution is 2.19. The molecule has 0 unspecified atom stereocenters. The minimum atomic E-state index is 1.28. The largest absolute Gasteiger partial charge is 0.0683 e. The molecule has 0 spiro atoms. The summed E-state index contributed by atoms with van der Waals surface area (Å²) in [5.74, 6) is 0. The quantitative estimate of drug-likeness (QED) is 0.281. The van der Waals surface area contributed by atoms with Gasteiger partial charge in [-0.15, -0.1) is 0 Å². The van der Waals surface area contributed by atoms with E-state index in [4.69, 9.17) is 0 Å². The Bertz CT molecular complexity index is 920. The molecule has 0 heterocycles. The van der Waals surface area contributed by atoms with Crippen LogP contribution in [0.15, 0.2) is 109 Å². The predicted molar refractivity (Wildman–Crippen MR) is 159 cm³/mol. The van der Waals surface area contributed by atoms with Gasteiger partial charge in [-0.2, -0.15) is 0 Å². The first kappa shape index (κ1) is 33.1. The van der Waals surface area contributed by atoms with E-state index in [1.807, 2.05) is 67.5 Å². The van der Waals surface area contributed by atoms with Gasteiger partial charge in [0.2, 0.25) is 0 Å². The highest BCUT2D eigenvalue weighted by molar-refractivity contribution is 5.64. The van der Waals surface area contributed by atoms with Gasteiger partial charge in [-0.05, 0) is 36.1 Å². The van der Waals surface area contributed by atoms with Crippen LogP contribution in [0.25, 0.3) is 22.3 Å². The van der Waals surface area contributed by atoms with Crippen molar-refractivity contribution in [3.8, 4) is 22.3 Å². The van der Waals surface area contributed by atoms with E-state index in [0.29, 0.717) is 0 Å². The molecule has 4 aromatic rings. The van der Waals surface area contributed by atoms with Crippen LogP contribution in [0.3, 0.4) is 0 Å². The van der Waals surface area contributed by atoms with Crippen molar-refractivity contribution < 1.29 is 0 Å². The second-order valence-corrected chi connectivity index (χ2v) is 6.47. The van der Waals surface area contributed by atoms with Crippen molar-refractivity contribution >= 4 is 0 Å². The molecule has 4 aromatic carbocycles. The monoisotopic (exact) mass is 456 g/mol. The van der Waals surface area contributed by atoms with Crippen LogP contribution in [0.2, 0.25) is 0 Å². The van der Waals surface area contributed by atoms with E-state index in [9.17, 15) is 0 Å². The molecule has 184 valence electrons. The fraction of sp³-hybridized carbons (Fsp3) is 0.294. The van der Waals surface area contributed by atoms with Gasteiger partial charge in [-0.3, -0.25) is 0 Å². The Morgan fingerprint density at radius 1 is 0.294 bits per heavy atom. The minimum Gasteiger partial charge on any atom is -0.0683 e. The smallest absolute Gasteiger partial charge is 0.0181 e. The highest BCUT2D eigenvalue weighted by Gasteiger charge is 1.95. The van der Waals surface area contributed by atoms with E-state index in [2.05, 4.69) is 111 Å². The molecule has 0 aliphatic carbocycles. The Morgan fingerprint density at radius 2 is 0.647 bits per heavy atom. The molecule has 0 aliphatic rings. The van der Waals surface area contributed by atoms with Gasteiger partial charge in [0.25, 0.3) is 0 Å². The standard InChI is InChI=1S/2C13H12.4C2H6/c1-11-6-5-9-13(10-11)12-7-3-2-4-8-12;1-11-7-9-13(10-8-11)12-5-3-2-4-6-12;4*1-2/h2*2-10H,1H3;4*1-2H3. The van der Waals surface area contributed by atoms with Gasteiger partial charge in [0.15, 0.2) is 0 Å². The normalized spacial score (nSPS) is 8.29. The molecule has 0 aliphatic heterocycles. The Morgan fingerprint density at radius 3 is 1.06 bits per heavy atom. The van der Waals surface area contributed by atoms with E-state index in [1.165, 1.54) is 33.4 Å². The first-order chi connectivity index (χ1) is 16.7. The summed E-state index contributed by atoms with van der Waals surface area (Å²) in [6.45, 7) is 20.2. The highest BCUT2D eigenvalue weighted by atomic mass is 14.0. The van der Waals surface area contributed by atoms with Crippen LogP contribution in [0, 0.1) is 13.8 Å². The molecule has 0 atom stereocenters. The first-order valence-electron chi connectivity index (χ1n) is 13.0. The molecule has 4 rings (SSSR count). The second kappa shape index (κ2) is 23.1. The van der Waals surface area contributed by atoms with Gasteiger partial charge >= 0.3 is 0 Å². The summed E-state index contributed by atoms with van der Waals surface area (Å²) in [6.07, 6.45) is 0. The first-order valence-corrected chi connectivity index (χ1v) is 13.0. The van der Waals surface area contributed by atoms with Gasteiger partial charge in [0.1, 0.15) is 0 Å². The fourth-order valence-corrected chi connectivity index (χ4v) is 2.83. The Kier molecular flexibility index (Phi) is 22.4. The third-order valence-electron chi connectivity index (χ3n) is 4.28. The molecule has 0 saturated carbocycles. The van der Waals surface area contributed by atoms with Crippen molar-refractivity contribution in [3.63, 3.8) is 0 Å². The molecule has 0 heteroatoms. The van der Waals surface area contributed by atoms with Crippen molar-refractivity contribution in [2.24, 2.45) is 0 Å². The molecule has 34 heavy (non-hydrogen) atoms. The van der Waals surface area contributed by atoms with Gasteiger partial charge in [-0.1, -0.05) is 176 Å². The zero-order valence-electron chi connectivity index (χ0n) is 23.4. The fourth-order valence-electron chi connectivity index (χ4n) is 2.83. The van der Waals surface area contributed by atoms with Crippen LogP contribution in [-0.4, -0.2) is 0 Å². The third kappa shape index (κ3) is 13.4. The lowest BCUT2D eigenvalue weighted by molar-refractivity contribution is 1.47. The SMILES string of the molecule is CC.CC.CC.CC.Cc1ccc(-c2ccccc2)cc1.Cc1cccc(-c2ccccc2)c1. The summed E-state index contributed by atoms with van der Waals surface area (Å²) in [5.41, 5.74) is 7.75. The molecule has 0 fully saturated rings. The van der Waals surface area contributed by atoms with Crippen LogP contribution in [-0.2, 0) is 0 Å². The summed E-state index contributed by atoms with van der Waals surface area (Å²) in [6, 6.07) is 38.0. The van der Waals surface area contributed by atoms with Crippen molar-refractivity contribution in [2.45, 2.75) is 69.2 Å². The van der Waals surface area contributed by atoms with Crippen molar-refractivity contribution in [1.29, 1.82) is 0 Å². The van der Waals surface area contributed by atoms with E-state index >= 15 is 0 Å². The van der Waals surface area contributed by atoms with E-state index in [-0.39, 0.29) is 0 Å². The number of rotatable bonds is 2. The maximum atomic E-state index is 2.20. The second-order valence-electron chi connectivity index (χ2n) is 6.47. The lowest BCUT2D eigenvalue weighted by Gasteiger charge is -2.01. The molecule has 0 aromatic heterocycles. The van der Waals surface area contributed by atoms with Gasteiger partial charge in [-0.25, -0.2) is 0 Å². The van der Waals surface area contributed by atoms with Gasteiger partial charge < -0.3 is 0 Å². The van der Waals surface area contributed by atoms with Crippen LogP contribution in [0.4, 0.5) is 0 Å². The summed E-state index contributed by atoms with van der Waals surface area (Å²) in [5, 5.41) is 0. The number of hydrogen-bond acceptors (Lipinski definition) is 0. The molecular weight excluding hydrogens is 408 g/mol. The number of hydrogen-bond donors (Lipinski definition) is 0. The lowest BCUT2D eigenvalue weighted by atomic mass is 10.0. The van der Waals surface area contributed by atoms with Crippen molar-refractivity contribution in [3.05, 3.63) is 120 Å². The molecule has 0 bridgehead atoms. The van der Waals surface area contributed by atoms with E-state index in [0.717, 1.165) is 0 Å². The minimum absolute atomic E-state index is 1.28. The van der Waals surface area contributed by atoms with E-state index < -0.39 is 0 Å². The van der Waals surface area contributed by atoms with Gasteiger partial charge in [0, 0.05) is 0 Å². The number of benzene rings is 4. The Hall–Kier alpha value is -3.12. The summed E-state index contributed by atoms with van der Waals surface area (Å²) in [4.78, 5) is 0. The van der Waals surface area contributed by atoms with Crippen molar-refractivity contribution in [2.75, 3.05) is 0 Å². The maximum Gasteiger partial charge on any atom is -0.0181 e. The molecule has 0 N–H and O–H groups in total. The van der Waals surface area contributed by atoms with Crippen molar-refractivity contribution in [1.82, 2.24) is 0 Å². The number of aryl methyl sites for hydroxylation is 2. The predicted octanol–water partition coefficient (Wildman–Crippen LogP) is 11.4. The Labute approximate surface area is 211 Å². The summed E-state index contributed by atoms with van der Waals surface area (Å²) < 4.78 is 0.